The second kappa shape index (κ2) is 7.69. The van der Waals surface area contributed by atoms with Crippen LogP contribution < -0.4 is 0 Å². The van der Waals surface area contributed by atoms with Crippen molar-refractivity contribution < 1.29 is 25.2 Å². The molecule has 5 saturated carbocycles. The highest BCUT2D eigenvalue weighted by Gasteiger charge is 2.84. The first-order valence-corrected chi connectivity index (χ1v) is 14.4. The molecular weight excluding hydrogens is 440 g/mol. The van der Waals surface area contributed by atoms with Gasteiger partial charge in [-0.25, -0.2) is 0 Å². The lowest BCUT2D eigenvalue weighted by atomic mass is 9.41. The zero-order valence-electron chi connectivity index (χ0n) is 22.9. The van der Waals surface area contributed by atoms with Gasteiger partial charge in [-0.2, -0.15) is 0 Å². The number of fused-ring (bicyclic) bond motifs is 2. The Hall–Kier alpha value is -0.650. The van der Waals surface area contributed by atoms with Gasteiger partial charge in [0.2, 0.25) is 0 Å². The minimum absolute atomic E-state index is 0.0854. The summed E-state index contributed by atoms with van der Waals surface area (Å²) in [5, 5.41) is 42.4. The predicted octanol–water partition coefficient (Wildman–Crippen LogP) is 5.40. The fraction of sp³-hybridized carbons (Fsp3) is 0.967. The van der Waals surface area contributed by atoms with Crippen molar-refractivity contribution in [2.75, 3.05) is 0 Å². The summed E-state index contributed by atoms with van der Waals surface area (Å²) in [4.78, 5) is 13.4. The zero-order chi connectivity index (χ0) is 25.8. The van der Waals surface area contributed by atoms with E-state index in [2.05, 4.69) is 27.7 Å². The molecular formula is C30H50O5. The number of carboxylic acid groups (broad SMARTS) is 1. The molecule has 10 unspecified atom stereocenters. The Balaban J connectivity index is 1.44. The highest BCUT2D eigenvalue weighted by molar-refractivity contribution is 5.78. The lowest BCUT2D eigenvalue weighted by molar-refractivity contribution is -0.194. The molecule has 5 aliphatic rings. The van der Waals surface area contributed by atoms with Crippen LogP contribution >= 0.6 is 0 Å². The molecule has 0 aromatic heterocycles. The number of carboxylic acids is 1. The zero-order valence-corrected chi connectivity index (χ0v) is 22.9. The first-order valence-electron chi connectivity index (χ1n) is 14.4. The van der Waals surface area contributed by atoms with E-state index in [1.54, 1.807) is 13.8 Å². The maximum absolute atomic E-state index is 13.4. The van der Waals surface area contributed by atoms with E-state index in [-0.39, 0.29) is 33.7 Å². The van der Waals surface area contributed by atoms with E-state index in [9.17, 15) is 25.2 Å². The first-order chi connectivity index (χ1) is 16.1. The average Bonchev–Trinajstić information content (AvgIpc) is 3.32. The summed E-state index contributed by atoms with van der Waals surface area (Å²) in [6.45, 7) is 12.4. The molecule has 0 aromatic carbocycles. The molecule has 5 heteroatoms. The van der Waals surface area contributed by atoms with Crippen LogP contribution in [-0.2, 0) is 4.79 Å². The Kier molecular flexibility index (Phi) is 5.71. The summed E-state index contributed by atoms with van der Waals surface area (Å²) >= 11 is 0. The molecule has 5 nitrogen and oxygen atoms in total. The lowest BCUT2D eigenvalue weighted by Gasteiger charge is -2.62. The summed E-state index contributed by atoms with van der Waals surface area (Å²) < 4.78 is 0. The molecule has 10 atom stereocenters. The van der Waals surface area contributed by atoms with Gasteiger partial charge in [-0.1, -0.05) is 27.7 Å². The van der Waals surface area contributed by atoms with Gasteiger partial charge in [-0.15, -0.1) is 0 Å². The van der Waals surface area contributed by atoms with E-state index < -0.39 is 23.1 Å². The molecule has 0 radical (unpaired) electrons. The quantitative estimate of drug-likeness (QED) is 0.400. The molecule has 0 heterocycles. The predicted molar refractivity (Wildman–Crippen MR) is 136 cm³/mol. The number of hydrogen-bond donors (Lipinski definition) is 4. The number of carbonyl (C=O) groups is 1. The summed E-state index contributed by atoms with van der Waals surface area (Å²) in [6, 6.07) is 0. The monoisotopic (exact) mass is 490 g/mol. The van der Waals surface area contributed by atoms with E-state index in [1.165, 1.54) is 6.42 Å². The normalized spacial score (nSPS) is 49.7. The van der Waals surface area contributed by atoms with E-state index in [0.717, 1.165) is 57.8 Å². The van der Waals surface area contributed by atoms with Gasteiger partial charge < -0.3 is 20.4 Å². The molecule has 0 saturated heterocycles. The molecule has 0 amide bonds. The number of rotatable bonds is 6. The van der Waals surface area contributed by atoms with Crippen LogP contribution in [-0.4, -0.2) is 44.2 Å². The van der Waals surface area contributed by atoms with Crippen LogP contribution in [0.2, 0.25) is 0 Å². The van der Waals surface area contributed by atoms with Crippen LogP contribution in [0.25, 0.3) is 0 Å². The fourth-order valence-electron chi connectivity index (χ4n) is 11.3. The van der Waals surface area contributed by atoms with Crippen LogP contribution in [0.5, 0.6) is 0 Å². The fourth-order valence-corrected chi connectivity index (χ4v) is 11.3. The Bertz CT molecular complexity index is 876. The lowest BCUT2D eigenvalue weighted by Crippen LogP contribution is -2.61. The maximum Gasteiger partial charge on any atom is 0.310 e. The van der Waals surface area contributed by atoms with Crippen molar-refractivity contribution in [1.29, 1.82) is 0 Å². The second-order valence-corrected chi connectivity index (χ2v) is 15.1. The van der Waals surface area contributed by atoms with E-state index in [0.29, 0.717) is 24.2 Å². The summed E-state index contributed by atoms with van der Waals surface area (Å²) in [5.41, 5.74) is -1.69. The van der Waals surface area contributed by atoms with Crippen molar-refractivity contribution in [2.24, 2.45) is 50.7 Å². The molecule has 5 aliphatic carbocycles. The number of aliphatic hydroxyl groups is 3. The molecule has 0 aliphatic heterocycles. The van der Waals surface area contributed by atoms with Crippen molar-refractivity contribution >= 4 is 5.97 Å². The third-order valence-electron chi connectivity index (χ3n) is 13.3. The molecule has 2 spiro atoms. The molecule has 4 N–H and O–H groups in total. The highest BCUT2D eigenvalue weighted by atomic mass is 16.4. The Morgan fingerprint density at radius 3 is 2.20 bits per heavy atom. The largest absolute Gasteiger partial charge is 0.481 e. The van der Waals surface area contributed by atoms with Crippen LogP contribution in [0.1, 0.15) is 112 Å². The second-order valence-electron chi connectivity index (χ2n) is 15.1. The third-order valence-corrected chi connectivity index (χ3v) is 13.3. The Morgan fingerprint density at radius 1 is 0.943 bits per heavy atom. The van der Waals surface area contributed by atoms with Crippen molar-refractivity contribution in [3.05, 3.63) is 0 Å². The highest BCUT2D eigenvalue weighted by Crippen LogP contribution is 2.89. The van der Waals surface area contributed by atoms with Crippen LogP contribution in [0.3, 0.4) is 0 Å². The van der Waals surface area contributed by atoms with E-state index in [1.807, 2.05) is 0 Å². The molecule has 0 bridgehead atoms. The summed E-state index contributed by atoms with van der Waals surface area (Å²) in [5.74, 6) is 0.839. The molecule has 5 rings (SSSR count). The van der Waals surface area contributed by atoms with Gasteiger partial charge >= 0.3 is 5.97 Å². The van der Waals surface area contributed by atoms with E-state index >= 15 is 0 Å². The van der Waals surface area contributed by atoms with E-state index in [4.69, 9.17) is 0 Å². The van der Waals surface area contributed by atoms with Gasteiger partial charge in [-0.05, 0) is 130 Å². The van der Waals surface area contributed by atoms with Gasteiger partial charge in [0.25, 0.3) is 0 Å². The maximum atomic E-state index is 13.4. The van der Waals surface area contributed by atoms with Crippen LogP contribution in [0, 0.1) is 50.7 Å². The smallest absolute Gasteiger partial charge is 0.310 e. The minimum Gasteiger partial charge on any atom is -0.481 e. The Morgan fingerprint density at radius 2 is 1.57 bits per heavy atom. The van der Waals surface area contributed by atoms with Crippen molar-refractivity contribution in [2.45, 2.75) is 130 Å². The Labute approximate surface area is 212 Å². The number of aliphatic hydroxyl groups excluding tert-OH is 2. The van der Waals surface area contributed by atoms with Crippen molar-refractivity contribution in [3.8, 4) is 0 Å². The van der Waals surface area contributed by atoms with Gasteiger partial charge in [0.15, 0.2) is 0 Å². The third kappa shape index (κ3) is 3.13. The molecule has 5 fully saturated rings. The molecule has 35 heavy (non-hydrogen) atoms. The van der Waals surface area contributed by atoms with Gasteiger partial charge in [0, 0.05) is 0 Å². The summed E-state index contributed by atoms with van der Waals surface area (Å²) in [6.07, 6.45) is 9.36. The van der Waals surface area contributed by atoms with Gasteiger partial charge in [0.1, 0.15) is 0 Å². The van der Waals surface area contributed by atoms with Gasteiger partial charge in [0.05, 0.1) is 23.2 Å². The standard InChI is InChI=1S/C30H50O5/c1-18(7-10-23(32)26(4,5)35)19-11-14-30(24(33)34)21-9-8-20-25(2,3)22(31)12-13-28(20)17-29(21,28)16-15-27(19,30)6/h18-23,31-32,35H,7-17H2,1-6H3,(H,33,34). The molecule has 0 aromatic rings. The van der Waals surface area contributed by atoms with Crippen molar-refractivity contribution in [1.82, 2.24) is 0 Å². The topological polar surface area (TPSA) is 98.0 Å². The minimum atomic E-state index is -1.11. The number of aliphatic carboxylic acids is 1. The number of hydrogen-bond acceptors (Lipinski definition) is 4. The van der Waals surface area contributed by atoms with Crippen LogP contribution in [0.4, 0.5) is 0 Å². The average molecular weight is 491 g/mol. The molecule has 200 valence electrons. The SMILES string of the molecule is CC(CCC(O)C(C)(C)O)C1CCC2(C(=O)O)C3CCC4C(C)(C)C(O)CCC45CC35CCC12C. The van der Waals surface area contributed by atoms with Crippen LogP contribution in [0.15, 0.2) is 0 Å². The first kappa shape index (κ1) is 26.0. The van der Waals surface area contributed by atoms with Crippen molar-refractivity contribution in [3.63, 3.8) is 0 Å². The van der Waals surface area contributed by atoms with Gasteiger partial charge in [-0.3, -0.25) is 4.79 Å². The summed E-state index contributed by atoms with van der Waals surface area (Å²) in [7, 11) is 0.